The van der Waals surface area contributed by atoms with Gasteiger partial charge in [0, 0.05) is 10.5 Å². The molecule has 1 aromatic carbocycles. The molecule has 176 valence electrons. The molecule has 8 nitrogen and oxygen atoms in total. The molecule has 3 heterocycles. The first-order valence-electron chi connectivity index (χ1n) is 12.2. The fourth-order valence-corrected chi connectivity index (χ4v) is 5.72. The predicted molar refractivity (Wildman–Crippen MR) is 117 cm³/mol. The van der Waals surface area contributed by atoms with Crippen LogP contribution in [0.25, 0.3) is 0 Å². The molecule has 8 heteroatoms. The number of nitro groups is 1. The highest BCUT2D eigenvalue weighted by atomic mass is 16.8. The zero-order valence-corrected chi connectivity index (χ0v) is 18.6. The number of hydrogen-bond acceptors (Lipinski definition) is 7. The zero-order valence-electron chi connectivity index (χ0n) is 18.6. The Kier molecular flexibility index (Phi) is 7.04. The number of ether oxygens (including phenoxy) is 4. The highest BCUT2D eigenvalue weighted by Gasteiger charge is 2.58. The van der Waals surface area contributed by atoms with E-state index in [4.69, 9.17) is 18.9 Å². The summed E-state index contributed by atoms with van der Waals surface area (Å²) in [5.41, 5.74) is 0.918. The Hall–Kier alpha value is -1.58. The Morgan fingerprint density at radius 1 is 0.969 bits per heavy atom. The molecule has 0 amide bonds. The maximum Gasteiger partial charge on any atom is 0.281 e. The van der Waals surface area contributed by atoms with Crippen molar-refractivity contribution in [3.05, 3.63) is 46.0 Å². The molecule has 4 fully saturated rings. The van der Waals surface area contributed by atoms with Gasteiger partial charge in [0.15, 0.2) is 6.29 Å². The molecule has 0 aromatic heterocycles. The van der Waals surface area contributed by atoms with Crippen molar-refractivity contribution in [2.24, 2.45) is 0 Å². The molecule has 0 radical (unpaired) electrons. The van der Waals surface area contributed by atoms with Crippen LogP contribution >= 0.6 is 0 Å². The number of piperidine rings is 1. The van der Waals surface area contributed by atoms with E-state index in [1.807, 2.05) is 30.3 Å². The van der Waals surface area contributed by atoms with Crippen molar-refractivity contribution in [2.75, 3.05) is 19.7 Å². The fraction of sp³-hybridized carbons (Fsp3) is 0.750. The summed E-state index contributed by atoms with van der Waals surface area (Å²) in [5, 5.41) is 12.4. The molecule has 6 atom stereocenters. The van der Waals surface area contributed by atoms with Gasteiger partial charge >= 0.3 is 0 Å². The minimum absolute atomic E-state index is 0.0252. The first-order chi connectivity index (χ1) is 15.7. The number of fused-ring (bicyclic) bond motifs is 1. The summed E-state index contributed by atoms with van der Waals surface area (Å²) in [6.45, 7) is 2.02. The largest absolute Gasteiger partial charge is 0.346 e. The lowest BCUT2D eigenvalue weighted by Gasteiger charge is -2.50. The minimum Gasteiger partial charge on any atom is -0.346 e. The lowest BCUT2D eigenvalue weighted by molar-refractivity contribution is -0.575. The van der Waals surface area contributed by atoms with Crippen LogP contribution in [0.2, 0.25) is 0 Å². The second-order valence-electron chi connectivity index (χ2n) is 9.48. The summed E-state index contributed by atoms with van der Waals surface area (Å²) >= 11 is 0. The van der Waals surface area contributed by atoms with Gasteiger partial charge in [-0.2, -0.15) is 0 Å². The van der Waals surface area contributed by atoms with Gasteiger partial charge in [-0.1, -0.05) is 56.0 Å². The van der Waals surface area contributed by atoms with Gasteiger partial charge in [0.1, 0.15) is 18.2 Å². The van der Waals surface area contributed by atoms with Crippen molar-refractivity contribution in [1.82, 2.24) is 4.90 Å². The number of likely N-dealkylation sites (tertiary alicyclic amines) is 1. The molecule has 1 aliphatic carbocycles. The predicted octanol–water partition coefficient (Wildman–Crippen LogP) is 3.67. The van der Waals surface area contributed by atoms with E-state index >= 15 is 0 Å². The van der Waals surface area contributed by atoms with Gasteiger partial charge < -0.3 is 18.9 Å². The van der Waals surface area contributed by atoms with Gasteiger partial charge in [0.05, 0.1) is 12.7 Å². The van der Waals surface area contributed by atoms with Gasteiger partial charge in [0.25, 0.3) is 6.04 Å². The van der Waals surface area contributed by atoms with Gasteiger partial charge in [-0.3, -0.25) is 15.0 Å². The highest BCUT2D eigenvalue weighted by Crippen LogP contribution is 2.39. The number of nitrogens with zero attached hydrogens (tertiary/aromatic N) is 2. The van der Waals surface area contributed by atoms with Crippen LogP contribution in [-0.4, -0.2) is 66.2 Å². The maximum atomic E-state index is 12.4. The van der Waals surface area contributed by atoms with E-state index in [9.17, 15) is 10.1 Å². The Morgan fingerprint density at radius 3 is 2.41 bits per heavy atom. The first-order valence-corrected chi connectivity index (χ1v) is 12.2. The van der Waals surface area contributed by atoms with E-state index in [2.05, 4.69) is 4.90 Å². The van der Waals surface area contributed by atoms with Crippen molar-refractivity contribution in [3.8, 4) is 0 Å². The number of benzene rings is 1. The van der Waals surface area contributed by atoms with Gasteiger partial charge in [-0.15, -0.1) is 0 Å². The quantitative estimate of drug-likeness (QED) is 0.504. The molecule has 1 aromatic rings. The average molecular weight is 447 g/mol. The minimum atomic E-state index is -0.981. The molecule has 3 saturated heterocycles. The standard InChI is InChI=1S/C24H34N2O6/c27-26(28)21-20(25-14-8-3-9-15-25)22-19(31-24(21)30-18-12-6-2-7-13-18)16-29-23(32-22)17-10-4-1-5-11-17/h1,4-5,10-11,18-24H,2-3,6-9,12-16H2/t19-,20-,21-,22-,23?,24-/m1/s1. The smallest absolute Gasteiger partial charge is 0.281 e. The first kappa shape index (κ1) is 22.2. The summed E-state index contributed by atoms with van der Waals surface area (Å²) in [5.74, 6) is 0. The van der Waals surface area contributed by atoms with Gasteiger partial charge in [-0.25, -0.2) is 0 Å². The highest BCUT2D eigenvalue weighted by molar-refractivity contribution is 5.17. The van der Waals surface area contributed by atoms with Gasteiger partial charge in [0.2, 0.25) is 6.29 Å². The Labute approximate surface area is 189 Å². The van der Waals surface area contributed by atoms with E-state index in [1.54, 1.807) is 0 Å². The molecule has 4 aliphatic rings. The van der Waals surface area contributed by atoms with Crippen LogP contribution in [-0.2, 0) is 18.9 Å². The SMILES string of the molecule is O=[N+]([O-])[C@H]1[C@H](OC2CCCCC2)O[C@@H]2COC(c3ccccc3)O[C@H]2[C@@H]1N1CCCCC1. The van der Waals surface area contributed by atoms with Crippen molar-refractivity contribution in [1.29, 1.82) is 0 Å². The molecular formula is C24H34N2O6. The molecule has 1 saturated carbocycles. The van der Waals surface area contributed by atoms with Crippen LogP contribution in [0.3, 0.4) is 0 Å². The lowest BCUT2D eigenvalue weighted by atomic mass is 9.90. The molecule has 1 unspecified atom stereocenters. The Bertz CT molecular complexity index is 752. The second-order valence-corrected chi connectivity index (χ2v) is 9.48. The van der Waals surface area contributed by atoms with Crippen molar-refractivity contribution >= 4 is 0 Å². The normalized spacial score (nSPS) is 37.0. The number of rotatable bonds is 5. The summed E-state index contributed by atoms with van der Waals surface area (Å²) in [6.07, 6.45) is 6.34. The van der Waals surface area contributed by atoms with Crippen molar-refractivity contribution < 1.29 is 23.9 Å². The Morgan fingerprint density at radius 2 is 1.69 bits per heavy atom. The maximum absolute atomic E-state index is 12.4. The zero-order chi connectivity index (χ0) is 21.9. The lowest BCUT2D eigenvalue weighted by Crippen LogP contribution is -2.69. The summed E-state index contributed by atoms with van der Waals surface area (Å²) in [6, 6.07) is 8.39. The van der Waals surface area contributed by atoms with E-state index < -0.39 is 30.8 Å². The monoisotopic (exact) mass is 446 g/mol. The van der Waals surface area contributed by atoms with Crippen LogP contribution in [0.4, 0.5) is 0 Å². The van der Waals surface area contributed by atoms with E-state index in [-0.39, 0.29) is 17.1 Å². The molecule has 0 N–H and O–H groups in total. The van der Waals surface area contributed by atoms with E-state index in [0.29, 0.717) is 6.61 Å². The molecule has 3 aliphatic heterocycles. The molecule has 0 spiro atoms. The summed E-state index contributed by atoms with van der Waals surface area (Å²) < 4.78 is 24.9. The van der Waals surface area contributed by atoms with Crippen LogP contribution in [0, 0.1) is 10.1 Å². The second kappa shape index (κ2) is 10.1. The van der Waals surface area contributed by atoms with E-state index in [1.165, 1.54) is 6.42 Å². The Balaban J connectivity index is 1.41. The van der Waals surface area contributed by atoms with Crippen LogP contribution in [0.5, 0.6) is 0 Å². The fourth-order valence-electron chi connectivity index (χ4n) is 5.72. The van der Waals surface area contributed by atoms with Crippen LogP contribution in [0.15, 0.2) is 30.3 Å². The molecular weight excluding hydrogens is 412 g/mol. The topological polar surface area (TPSA) is 83.3 Å². The van der Waals surface area contributed by atoms with Gasteiger partial charge in [-0.05, 0) is 38.8 Å². The summed E-state index contributed by atoms with van der Waals surface area (Å²) in [4.78, 5) is 14.5. The van der Waals surface area contributed by atoms with Crippen molar-refractivity contribution in [3.63, 3.8) is 0 Å². The van der Waals surface area contributed by atoms with Crippen molar-refractivity contribution in [2.45, 2.75) is 94.3 Å². The molecule has 5 rings (SSSR count). The molecule has 0 bridgehead atoms. The summed E-state index contributed by atoms with van der Waals surface area (Å²) in [7, 11) is 0. The average Bonchev–Trinajstić information content (AvgIpc) is 2.84. The van der Waals surface area contributed by atoms with Crippen LogP contribution in [0.1, 0.15) is 63.2 Å². The third-order valence-electron chi connectivity index (χ3n) is 7.34. The third kappa shape index (κ3) is 4.70. The molecule has 32 heavy (non-hydrogen) atoms. The van der Waals surface area contributed by atoms with Crippen LogP contribution < -0.4 is 0 Å². The number of hydrogen-bond donors (Lipinski definition) is 0. The van der Waals surface area contributed by atoms with E-state index in [0.717, 1.165) is 63.6 Å². The third-order valence-corrected chi connectivity index (χ3v) is 7.34.